The molecule has 2 heterocycles. The van der Waals surface area contributed by atoms with E-state index in [0.29, 0.717) is 36.8 Å². The molecule has 0 aliphatic carbocycles. The van der Waals surface area contributed by atoms with E-state index in [1.807, 2.05) is 36.9 Å². The summed E-state index contributed by atoms with van der Waals surface area (Å²) >= 11 is 0. The molecule has 0 unspecified atom stereocenters. The van der Waals surface area contributed by atoms with Crippen molar-refractivity contribution in [3.63, 3.8) is 0 Å². The van der Waals surface area contributed by atoms with Crippen LogP contribution in [-0.4, -0.2) is 47.0 Å². The van der Waals surface area contributed by atoms with E-state index in [1.165, 1.54) is 0 Å². The summed E-state index contributed by atoms with van der Waals surface area (Å²) in [6.45, 7) is 5.25. The average Bonchev–Trinajstić information content (AvgIpc) is 2.54. The maximum atomic E-state index is 11.3. The Hall–Kier alpha value is -2.67. The highest BCUT2D eigenvalue weighted by molar-refractivity contribution is 5.79. The lowest BCUT2D eigenvalue weighted by molar-refractivity contribution is -0.130. The van der Waals surface area contributed by atoms with E-state index in [1.54, 1.807) is 6.07 Å². The van der Waals surface area contributed by atoms with Crippen molar-refractivity contribution in [1.82, 2.24) is 10.2 Å². The van der Waals surface area contributed by atoms with E-state index in [0.717, 1.165) is 11.1 Å². The molecule has 2 aromatic rings. The van der Waals surface area contributed by atoms with Gasteiger partial charge in [0.25, 0.3) is 0 Å². The number of phenols is 1. The highest BCUT2D eigenvalue weighted by atomic mass is 16.5. The predicted molar refractivity (Wildman–Crippen MR) is 89.8 cm³/mol. The van der Waals surface area contributed by atoms with E-state index in [2.05, 4.69) is 10.2 Å². The molecule has 1 atom stereocenters. The molecular weight excluding hydrogens is 308 g/mol. The summed E-state index contributed by atoms with van der Waals surface area (Å²) in [6.07, 6.45) is -0.636. The fourth-order valence-corrected chi connectivity index (χ4v) is 2.94. The number of benzene rings is 1. The molecule has 1 aromatic heterocycles. The number of primary amides is 1. The van der Waals surface area contributed by atoms with Crippen molar-refractivity contribution in [2.45, 2.75) is 20.0 Å². The summed E-state index contributed by atoms with van der Waals surface area (Å²) in [5.74, 6) is 0.358. The van der Waals surface area contributed by atoms with Gasteiger partial charge in [0.15, 0.2) is 11.9 Å². The Labute approximate surface area is 140 Å². The third-order valence-corrected chi connectivity index (χ3v) is 4.07. The number of nitrogens with zero attached hydrogens (tertiary/aromatic N) is 3. The summed E-state index contributed by atoms with van der Waals surface area (Å²) in [4.78, 5) is 13.2. The van der Waals surface area contributed by atoms with Crippen molar-refractivity contribution < 1.29 is 14.6 Å². The van der Waals surface area contributed by atoms with Gasteiger partial charge in [-0.3, -0.25) is 4.79 Å². The second kappa shape index (κ2) is 6.45. The van der Waals surface area contributed by atoms with Gasteiger partial charge in [0.1, 0.15) is 5.75 Å². The summed E-state index contributed by atoms with van der Waals surface area (Å²) in [7, 11) is 0. The molecule has 126 valence electrons. The number of aromatic nitrogens is 2. The van der Waals surface area contributed by atoms with Crippen LogP contribution in [0.15, 0.2) is 24.3 Å². The molecule has 1 aliphatic rings. The quantitative estimate of drug-likeness (QED) is 0.876. The molecule has 1 aromatic carbocycles. The zero-order valence-electron chi connectivity index (χ0n) is 13.7. The molecular formula is C17H20N4O3. The largest absolute Gasteiger partial charge is 0.507 e. The number of phenolic OH excluding ortho intramolecular Hbond substituents is 1. The minimum Gasteiger partial charge on any atom is -0.507 e. The first-order chi connectivity index (χ1) is 11.5. The number of anilines is 1. The number of nitrogens with two attached hydrogens (primary N) is 1. The van der Waals surface area contributed by atoms with Crippen molar-refractivity contribution in [3.05, 3.63) is 35.4 Å². The molecule has 7 heteroatoms. The number of carbonyl (C=O) groups is 1. The van der Waals surface area contributed by atoms with Crippen molar-refractivity contribution in [2.75, 3.05) is 24.6 Å². The Bertz CT molecular complexity index is 738. The van der Waals surface area contributed by atoms with E-state index >= 15 is 0 Å². The van der Waals surface area contributed by atoms with Gasteiger partial charge in [-0.15, -0.1) is 10.2 Å². The third kappa shape index (κ3) is 3.16. The smallest absolute Gasteiger partial charge is 0.248 e. The molecule has 3 N–H and O–H groups in total. The SMILES string of the molecule is Cc1cc(C)c(-c2ccc(N3CCO[C@@H](C(N)=O)C3)nn2)c(O)c1. The van der Waals surface area contributed by atoms with E-state index in [4.69, 9.17) is 10.5 Å². The lowest BCUT2D eigenvalue weighted by Crippen LogP contribution is -2.48. The summed E-state index contributed by atoms with van der Waals surface area (Å²) in [5, 5.41) is 18.7. The normalized spacial score (nSPS) is 17.8. The van der Waals surface area contributed by atoms with E-state index in [9.17, 15) is 9.90 Å². The van der Waals surface area contributed by atoms with Gasteiger partial charge in [0.05, 0.1) is 18.8 Å². The number of aryl methyl sites for hydroxylation is 2. The van der Waals surface area contributed by atoms with Crippen LogP contribution >= 0.6 is 0 Å². The van der Waals surface area contributed by atoms with Crippen LogP contribution in [0.1, 0.15) is 11.1 Å². The summed E-state index contributed by atoms with van der Waals surface area (Å²) in [6, 6.07) is 7.33. The Kier molecular flexibility index (Phi) is 4.35. The minimum absolute atomic E-state index is 0.190. The third-order valence-electron chi connectivity index (χ3n) is 4.07. The van der Waals surface area contributed by atoms with Crippen molar-refractivity contribution in [1.29, 1.82) is 0 Å². The van der Waals surface area contributed by atoms with Gasteiger partial charge in [-0.2, -0.15) is 0 Å². The van der Waals surface area contributed by atoms with Crippen LogP contribution < -0.4 is 10.6 Å². The molecule has 1 aliphatic heterocycles. The maximum absolute atomic E-state index is 11.3. The lowest BCUT2D eigenvalue weighted by atomic mass is 10.0. The molecule has 0 bridgehead atoms. The second-order valence-corrected chi connectivity index (χ2v) is 5.96. The first kappa shape index (κ1) is 16.2. The van der Waals surface area contributed by atoms with Crippen LogP contribution in [0.3, 0.4) is 0 Å². The topological polar surface area (TPSA) is 102 Å². The summed E-state index contributed by atoms with van der Waals surface area (Å²) in [5.41, 5.74) is 8.51. The predicted octanol–water partition coefficient (Wildman–Crippen LogP) is 1.16. The van der Waals surface area contributed by atoms with Crippen molar-refractivity contribution in [2.24, 2.45) is 5.73 Å². The number of aromatic hydroxyl groups is 1. The van der Waals surface area contributed by atoms with Gasteiger partial charge in [0, 0.05) is 12.1 Å². The van der Waals surface area contributed by atoms with Crippen molar-refractivity contribution >= 4 is 11.7 Å². The Morgan fingerprint density at radius 1 is 1.33 bits per heavy atom. The van der Waals surface area contributed by atoms with Gasteiger partial charge in [0.2, 0.25) is 5.91 Å². The second-order valence-electron chi connectivity index (χ2n) is 5.96. The van der Waals surface area contributed by atoms with Gasteiger partial charge < -0.3 is 20.5 Å². The number of ether oxygens (including phenoxy) is 1. The van der Waals surface area contributed by atoms with Gasteiger partial charge in [-0.1, -0.05) is 6.07 Å². The van der Waals surface area contributed by atoms with Crippen molar-refractivity contribution in [3.8, 4) is 17.0 Å². The molecule has 0 saturated carbocycles. The molecule has 0 spiro atoms. The van der Waals surface area contributed by atoms with Crippen LogP contribution in [0.2, 0.25) is 0 Å². The zero-order valence-corrected chi connectivity index (χ0v) is 13.7. The molecule has 1 saturated heterocycles. The number of carbonyl (C=O) groups excluding carboxylic acids is 1. The minimum atomic E-state index is -0.636. The fraction of sp³-hybridized carbons (Fsp3) is 0.353. The molecule has 24 heavy (non-hydrogen) atoms. The highest BCUT2D eigenvalue weighted by Gasteiger charge is 2.25. The van der Waals surface area contributed by atoms with Crippen LogP contribution in [0.4, 0.5) is 5.82 Å². The number of amides is 1. The van der Waals surface area contributed by atoms with E-state index in [-0.39, 0.29) is 5.75 Å². The molecule has 0 radical (unpaired) electrons. The highest BCUT2D eigenvalue weighted by Crippen LogP contribution is 2.32. The Balaban J connectivity index is 1.85. The van der Waals surface area contributed by atoms with Crippen LogP contribution in [0.25, 0.3) is 11.3 Å². The van der Waals surface area contributed by atoms with Gasteiger partial charge in [-0.25, -0.2) is 0 Å². The summed E-state index contributed by atoms with van der Waals surface area (Å²) < 4.78 is 5.33. The first-order valence-corrected chi connectivity index (χ1v) is 7.76. The first-order valence-electron chi connectivity index (χ1n) is 7.76. The van der Waals surface area contributed by atoms with Crippen LogP contribution in [0, 0.1) is 13.8 Å². The fourth-order valence-electron chi connectivity index (χ4n) is 2.94. The molecule has 7 nitrogen and oxygen atoms in total. The van der Waals surface area contributed by atoms with Gasteiger partial charge in [-0.05, 0) is 43.2 Å². The number of hydrogen-bond donors (Lipinski definition) is 2. The standard InChI is InChI=1S/C17H20N4O3/c1-10-7-11(2)16(13(22)8-10)12-3-4-15(20-19-12)21-5-6-24-14(9-21)17(18)23/h3-4,7-8,14,22H,5-6,9H2,1-2H3,(H2,18,23)/t14-/m1/s1. The average molecular weight is 328 g/mol. The molecule has 1 fully saturated rings. The lowest BCUT2D eigenvalue weighted by Gasteiger charge is -2.31. The van der Waals surface area contributed by atoms with Gasteiger partial charge >= 0.3 is 0 Å². The monoisotopic (exact) mass is 328 g/mol. The van der Waals surface area contributed by atoms with E-state index < -0.39 is 12.0 Å². The maximum Gasteiger partial charge on any atom is 0.248 e. The van der Waals surface area contributed by atoms with Crippen LogP contribution in [0.5, 0.6) is 5.75 Å². The zero-order chi connectivity index (χ0) is 17.3. The molecule has 3 rings (SSSR count). The molecule has 1 amide bonds. The Morgan fingerprint density at radius 3 is 2.75 bits per heavy atom. The number of morpholine rings is 1. The van der Waals surface area contributed by atoms with Crippen LogP contribution in [-0.2, 0) is 9.53 Å². The Morgan fingerprint density at radius 2 is 2.12 bits per heavy atom. The number of rotatable bonds is 3. The number of hydrogen-bond acceptors (Lipinski definition) is 6.